The topological polar surface area (TPSA) is 53.1 Å². The molecule has 6 nitrogen and oxygen atoms in total. The van der Waals surface area contributed by atoms with Gasteiger partial charge in [-0.2, -0.15) is 0 Å². The highest BCUT2D eigenvalue weighted by Crippen LogP contribution is 2.22. The van der Waals surface area contributed by atoms with E-state index in [1.807, 2.05) is 66.6 Å². The van der Waals surface area contributed by atoms with Crippen molar-refractivity contribution in [3.05, 3.63) is 58.3 Å². The number of halogens is 1. The molecule has 2 amide bonds. The summed E-state index contributed by atoms with van der Waals surface area (Å²) in [4.78, 5) is 33.8. The molecule has 0 bridgehead atoms. The second kappa shape index (κ2) is 12.5. The number of carbonyl (C=O) groups excluding carboxylic acids is 2. The van der Waals surface area contributed by atoms with Crippen molar-refractivity contribution in [2.24, 2.45) is 5.41 Å². The van der Waals surface area contributed by atoms with Crippen LogP contribution in [0.15, 0.2) is 47.8 Å². The van der Waals surface area contributed by atoms with E-state index in [2.05, 4.69) is 4.90 Å². The Labute approximate surface area is 206 Å². The molecule has 0 atom stereocenters. The molecule has 0 N–H and O–H groups in total. The van der Waals surface area contributed by atoms with Crippen LogP contribution >= 0.6 is 22.9 Å². The van der Waals surface area contributed by atoms with Gasteiger partial charge < -0.3 is 14.5 Å². The van der Waals surface area contributed by atoms with Gasteiger partial charge in [0.25, 0.3) is 0 Å². The van der Waals surface area contributed by atoms with Gasteiger partial charge in [0.15, 0.2) is 0 Å². The van der Waals surface area contributed by atoms with Crippen molar-refractivity contribution in [3.63, 3.8) is 0 Å². The Morgan fingerprint density at radius 3 is 2.42 bits per heavy atom. The van der Waals surface area contributed by atoms with Crippen LogP contribution in [-0.2, 0) is 27.4 Å². The first-order valence-electron chi connectivity index (χ1n) is 11.4. The zero-order valence-corrected chi connectivity index (χ0v) is 21.1. The average Bonchev–Trinajstić information content (AvgIpc) is 3.35. The predicted octanol–water partition coefficient (Wildman–Crippen LogP) is 3.70. The zero-order chi connectivity index (χ0) is 23.7. The summed E-state index contributed by atoms with van der Waals surface area (Å²) in [5.41, 5.74) is 0.333. The maximum atomic E-state index is 13.5. The van der Waals surface area contributed by atoms with Crippen LogP contribution in [0.5, 0.6) is 0 Å². The van der Waals surface area contributed by atoms with E-state index in [-0.39, 0.29) is 24.2 Å². The SMILES string of the molecule is CC(C)(CCl)C(=O)N(CCN1CCOCC1)CC(=O)N(Cc1ccccc1)Cc1cccs1. The van der Waals surface area contributed by atoms with Crippen LogP contribution in [0.2, 0.25) is 0 Å². The smallest absolute Gasteiger partial charge is 0.242 e. The van der Waals surface area contributed by atoms with Gasteiger partial charge in [-0.25, -0.2) is 0 Å². The number of nitrogens with zero attached hydrogens (tertiary/aromatic N) is 3. The number of benzene rings is 1. The third-order valence-electron chi connectivity index (χ3n) is 5.81. The Kier molecular flexibility index (Phi) is 9.74. The third kappa shape index (κ3) is 7.81. The number of morpholine rings is 1. The van der Waals surface area contributed by atoms with E-state index in [0.717, 1.165) is 23.5 Å². The molecule has 1 aromatic heterocycles. The van der Waals surface area contributed by atoms with Gasteiger partial charge in [-0.15, -0.1) is 22.9 Å². The Morgan fingerprint density at radius 2 is 1.79 bits per heavy atom. The molecule has 2 aromatic rings. The number of hydrogen-bond donors (Lipinski definition) is 0. The van der Waals surface area contributed by atoms with Crippen molar-refractivity contribution in [2.75, 3.05) is 51.8 Å². The summed E-state index contributed by atoms with van der Waals surface area (Å²) in [6.45, 7) is 9.02. The lowest BCUT2D eigenvalue weighted by Gasteiger charge is -2.34. The van der Waals surface area contributed by atoms with Crippen LogP contribution in [0.3, 0.4) is 0 Å². The summed E-state index contributed by atoms with van der Waals surface area (Å²) in [5, 5.41) is 2.02. The van der Waals surface area contributed by atoms with Crippen molar-refractivity contribution in [2.45, 2.75) is 26.9 Å². The summed E-state index contributed by atoms with van der Waals surface area (Å²) in [6, 6.07) is 14.0. The molecular formula is C25H34ClN3O3S. The van der Waals surface area contributed by atoms with Crippen molar-refractivity contribution < 1.29 is 14.3 Å². The first-order valence-corrected chi connectivity index (χ1v) is 12.8. The Balaban J connectivity index is 1.74. The summed E-state index contributed by atoms with van der Waals surface area (Å²) in [7, 11) is 0. The van der Waals surface area contributed by atoms with Gasteiger partial charge in [-0.3, -0.25) is 14.5 Å². The number of carbonyl (C=O) groups is 2. The highest BCUT2D eigenvalue weighted by atomic mass is 35.5. The van der Waals surface area contributed by atoms with E-state index in [0.29, 0.717) is 39.4 Å². The number of amides is 2. The lowest BCUT2D eigenvalue weighted by molar-refractivity contribution is -0.146. The van der Waals surface area contributed by atoms with Crippen LogP contribution in [0, 0.1) is 5.41 Å². The van der Waals surface area contributed by atoms with Gasteiger partial charge in [0.05, 0.1) is 31.7 Å². The van der Waals surface area contributed by atoms with E-state index in [9.17, 15) is 9.59 Å². The van der Waals surface area contributed by atoms with E-state index < -0.39 is 5.41 Å². The van der Waals surface area contributed by atoms with Gasteiger partial charge >= 0.3 is 0 Å². The lowest BCUT2D eigenvalue weighted by atomic mass is 9.94. The second-order valence-electron chi connectivity index (χ2n) is 9.01. The zero-order valence-electron chi connectivity index (χ0n) is 19.5. The van der Waals surface area contributed by atoms with Gasteiger partial charge in [-0.1, -0.05) is 36.4 Å². The normalized spacial score (nSPS) is 14.8. The van der Waals surface area contributed by atoms with E-state index in [4.69, 9.17) is 16.3 Å². The first-order chi connectivity index (χ1) is 15.9. The highest BCUT2D eigenvalue weighted by molar-refractivity contribution is 7.09. The molecule has 0 unspecified atom stereocenters. The maximum absolute atomic E-state index is 13.5. The Morgan fingerprint density at radius 1 is 1.06 bits per heavy atom. The Bertz CT molecular complexity index is 870. The van der Waals surface area contributed by atoms with Gasteiger partial charge in [0.2, 0.25) is 11.8 Å². The molecule has 3 rings (SSSR count). The molecule has 0 radical (unpaired) electrons. The summed E-state index contributed by atoms with van der Waals surface area (Å²) in [5.74, 6) is 0.0552. The molecule has 0 saturated carbocycles. The minimum Gasteiger partial charge on any atom is -0.379 e. The standard InChI is InChI=1S/C25H34ClN3O3S/c1-25(2,20-26)24(31)28(11-10-27-12-14-32-15-13-27)19-23(30)29(18-22-9-6-16-33-22)17-21-7-4-3-5-8-21/h3-9,16H,10-15,17-20H2,1-2H3. The first kappa shape index (κ1) is 25.7. The second-order valence-corrected chi connectivity index (χ2v) is 10.3. The van der Waals surface area contributed by atoms with Crippen molar-refractivity contribution in [3.8, 4) is 0 Å². The lowest BCUT2D eigenvalue weighted by Crippen LogP contribution is -2.50. The molecule has 33 heavy (non-hydrogen) atoms. The Hall–Kier alpha value is -1.93. The van der Waals surface area contributed by atoms with E-state index >= 15 is 0 Å². The van der Waals surface area contributed by atoms with E-state index in [1.54, 1.807) is 16.2 Å². The van der Waals surface area contributed by atoms with Crippen molar-refractivity contribution in [1.82, 2.24) is 14.7 Å². The quantitative estimate of drug-likeness (QED) is 0.450. The molecule has 1 saturated heterocycles. The number of hydrogen-bond acceptors (Lipinski definition) is 5. The van der Waals surface area contributed by atoms with Gasteiger partial charge in [0.1, 0.15) is 0 Å². The largest absolute Gasteiger partial charge is 0.379 e. The van der Waals surface area contributed by atoms with Crippen LogP contribution < -0.4 is 0 Å². The fourth-order valence-corrected chi connectivity index (χ4v) is 4.55. The van der Waals surface area contributed by atoms with Crippen LogP contribution in [0.1, 0.15) is 24.3 Å². The number of alkyl halides is 1. The summed E-state index contributed by atoms with van der Waals surface area (Å²) < 4.78 is 5.43. The molecule has 0 aliphatic carbocycles. The van der Waals surface area contributed by atoms with Crippen LogP contribution in [0.4, 0.5) is 0 Å². The molecule has 1 aromatic carbocycles. The molecule has 1 aliphatic rings. The molecular weight excluding hydrogens is 458 g/mol. The minimum absolute atomic E-state index is 0.0434. The van der Waals surface area contributed by atoms with Gasteiger partial charge in [0, 0.05) is 43.5 Å². The van der Waals surface area contributed by atoms with Crippen molar-refractivity contribution >= 4 is 34.8 Å². The number of ether oxygens (including phenoxy) is 1. The molecule has 0 spiro atoms. The number of rotatable bonds is 11. The average molecular weight is 492 g/mol. The molecule has 1 fully saturated rings. The predicted molar refractivity (Wildman–Crippen MR) is 133 cm³/mol. The van der Waals surface area contributed by atoms with Gasteiger partial charge in [-0.05, 0) is 30.9 Å². The van der Waals surface area contributed by atoms with Crippen LogP contribution in [0.25, 0.3) is 0 Å². The third-order valence-corrected chi connectivity index (χ3v) is 7.34. The maximum Gasteiger partial charge on any atom is 0.242 e. The monoisotopic (exact) mass is 491 g/mol. The fourth-order valence-electron chi connectivity index (χ4n) is 3.71. The molecule has 2 heterocycles. The van der Waals surface area contributed by atoms with E-state index in [1.165, 1.54) is 0 Å². The molecule has 8 heteroatoms. The van der Waals surface area contributed by atoms with Crippen LogP contribution in [-0.4, -0.2) is 78.3 Å². The molecule has 180 valence electrons. The summed E-state index contributed by atoms with van der Waals surface area (Å²) in [6.07, 6.45) is 0. The minimum atomic E-state index is -0.731. The fraction of sp³-hybridized carbons (Fsp3) is 0.520. The number of thiophene rings is 1. The van der Waals surface area contributed by atoms with Crippen molar-refractivity contribution in [1.29, 1.82) is 0 Å². The summed E-state index contributed by atoms with van der Waals surface area (Å²) >= 11 is 7.74. The highest BCUT2D eigenvalue weighted by Gasteiger charge is 2.33. The molecule has 1 aliphatic heterocycles.